The number of nitrogens with two attached hydrogens (primary N) is 1. The predicted octanol–water partition coefficient (Wildman–Crippen LogP) is 4.69. The third-order valence-corrected chi connectivity index (χ3v) is 5.63. The molecule has 0 radical (unpaired) electrons. The fraction of sp³-hybridized carbons (Fsp3) is 0.455. The van der Waals surface area contributed by atoms with E-state index in [1.165, 1.54) is 0 Å². The molecule has 2 rings (SSSR count). The van der Waals surface area contributed by atoms with E-state index in [1.807, 2.05) is 31.2 Å². The molecular formula is C22H29Cl2NO2. The highest BCUT2D eigenvalue weighted by molar-refractivity contribution is 6.18. The van der Waals surface area contributed by atoms with E-state index in [4.69, 9.17) is 33.7 Å². The van der Waals surface area contributed by atoms with E-state index in [-0.39, 0.29) is 5.88 Å². The predicted molar refractivity (Wildman–Crippen MR) is 114 cm³/mol. The molecule has 3 N–H and O–H groups in total. The minimum atomic E-state index is -0.601. The Labute approximate surface area is 172 Å². The van der Waals surface area contributed by atoms with E-state index in [0.29, 0.717) is 24.8 Å². The van der Waals surface area contributed by atoms with Crippen molar-refractivity contribution < 1.29 is 9.84 Å². The molecule has 2 aromatic carbocycles. The molecule has 5 heteroatoms. The van der Waals surface area contributed by atoms with Gasteiger partial charge in [-0.3, -0.25) is 0 Å². The summed E-state index contributed by atoms with van der Waals surface area (Å²) in [5.74, 6) is 1.98. The molecule has 3 unspecified atom stereocenters. The zero-order valence-electron chi connectivity index (χ0n) is 16.0. The second-order valence-electron chi connectivity index (χ2n) is 7.34. The summed E-state index contributed by atoms with van der Waals surface area (Å²) in [5.41, 5.74) is 9.25. The number of benzene rings is 2. The van der Waals surface area contributed by atoms with Crippen LogP contribution in [0, 0.1) is 5.92 Å². The van der Waals surface area contributed by atoms with Crippen LogP contribution in [-0.4, -0.2) is 29.6 Å². The Bertz CT molecular complexity index is 627. The molecule has 0 saturated heterocycles. The summed E-state index contributed by atoms with van der Waals surface area (Å²) in [6.45, 7) is 4.66. The van der Waals surface area contributed by atoms with E-state index < -0.39 is 11.6 Å². The number of rotatable bonds is 10. The highest BCUT2D eigenvalue weighted by atomic mass is 35.5. The average molecular weight is 410 g/mol. The smallest absolute Gasteiger partial charge is 0.119 e. The van der Waals surface area contributed by atoms with Crippen LogP contribution in [-0.2, 0) is 12.0 Å². The van der Waals surface area contributed by atoms with Crippen molar-refractivity contribution in [2.75, 3.05) is 18.4 Å². The van der Waals surface area contributed by atoms with Gasteiger partial charge < -0.3 is 15.6 Å². The Kier molecular flexibility index (Phi) is 8.43. The van der Waals surface area contributed by atoms with Gasteiger partial charge in [0.25, 0.3) is 0 Å². The molecule has 27 heavy (non-hydrogen) atoms. The molecule has 0 fully saturated rings. The Morgan fingerprint density at radius 3 is 2.07 bits per heavy atom. The summed E-state index contributed by atoms with van der Waals surface area (Å²) in [6.07, 6.45) is 0.994. The lowest BCUT2D eigenvalue weighted by atomic mass is 9.85. The van der Waals surface area contributed by atoms with Crippen molar-refractivity contribution in [1.82, 2.24) is 0 Å². The van der Waals surface area contributed by atoms with Gasteiger partial charge in [-0.25, -0.2) is 0 Å². The van der Waals surface area contributed by atoms with Crippen molar-refractivity contribution in [3.8, 4) is 5.75 Å². The molecule has 0 aliphatic heterocycles. The normalized spacial score (nSPS) is 15.8. The number of aryl methyl sites for hydroxylation is 1. The van der Waals surface area contributed by atoms with Crippen LogP contribution in [0.3, 0.4) is 0 Å². The lowest BCUT2D eigenvalue weighted by molar-refractivity contribution is 0.188. The summed E-state index contributed by atoms with van der Waals surface area (Å²) in [4.78, 5) is 0. The third kappa shape index (κ3) is 6.39. The quantitative estimate of drug-likeness (QED) is 0.559. The molecule has 0 saturated carbocycles. The zero-order chi connectivity index (χ0) is 19.9. The van der Waals surface area contributed by atoms with Gasteiger partial charge in [0.15, 0.2) is 0 Å². The molecule has 0 bridgehead atoms. The molecular weight excluding hydrogens is 381 g/mol. The second-order valence-corrected chi connectivity index (χ2v) is 7.96. The maximum Gasteiger partial charge on any atom is 0.119 e. The Morgan fingerprint density at radius 2 is 1.56 bits per heavy atom. The molecule has 0 aliphatic carbocycles. The molecule has 0 aliphatic rings. The van der Waals surface area contributed by atoms with E-state index in [9.17, 15) is 5.11 Å². The van der Waals surface area contributed by atoms with Gasteiger partial charge in [-0.15, -0.1) is 23.2 Å². The van der Waals surface area contributed by atoms with Crippen LogP contribution in [0.2, 0.25) is 0 Å². The van der Waals surface area contributed by atoms with Gasteiger partial charge in [-0.05, 0) is 48.6 Å². The highest BCUT2D eigenvalue weighted by Crippen LogP contribution is 2.28. The molecule has 148 valence electrons. The summed E-state index contributed by atoms with van der Waals surface area (Å²) in [7, 11) is 0. The van der Waals surface area contributed by atoms with Crippen LogP contribution in [0.5, 0.6) is 5.75 Å². The number of halogens is 2. The topological polar surface area (TPSA) is 55.5 Å². The number of hydrogen-bond donors (Lipinski definition) is 2. The summed E-state index contributed by atoms with van der Waals surface area (Å²) in [6, 6.07) is 16.1. The number of alkyl halides is 2. The first kappa shape index (κ1) is 22.0. The van der Waals surface area contributed by atoms with E-state index in [2.05, 4.69) is 31.2 Å². The number of ether oxygens (including phenoxy) is 1. The van der Waals surface area contributed by atoms with Gasteiger partial charge in [0.1, 0.15) is 5.75 Å². The van der Waals surface area contributed by atoms with Crippen molar-refractivity contribution in [1.29, 1.82) is 0 Å². The van der Waals surface area contributed by atoms with Crippen LogP contribution >= 0.6 is 23.2 Å². The maximum atomic E-state index is 9.59. The molecule has 0 aromatic heterocycles. The van der Waals surface area contributed by atoms with Gasteiger partial charge >= 0.3 is 0 Å². The molecule has 3 nitrogen and oxygen atoms in total. The monoisotopic (exact) mass is 409 g/mol. The Hall–Kier alpha value is -1.26. The molecule has 3 atom stereocenters. The first-order valence-corrected chi connectivity index (χ1v) is 10.3. The van der Waals surface area contributed by atoms with Crippen LogP contribution in [0.25, 0.3) is 0 Å². The minimum absolute atomic E-state index is 0.267. The van der Waals surface area contributed by atoms with Crippen molar-refractivity contribution in [2.24, 2.45) is 11.7 Å². The average Bonchev–Trinajstić information content (AvgIpc) is 2.70. The first-order chi connectivity index (χ1) is 12.9. The van der Waals surface area contributed by atoms with Gasteiger partial charge in [0.05, 0.1) is 18.2 Å². The molecule has 0 heterocycles. The van der Waals surface area contributed by atoms with Crippen molar-refractivity contribution in [3.63, 3.8) is 0 Å². The van der Waals surface area contributed by atoms with E-state index in [0.717, 1.165) is 28.9 Å². The van der Waals surface area contributed by atoms with Gasteiger partial charge in [0, 0.05) is 17.7 Å². The SMILES string of the molecule is CC(CCl)COc1ccc(C(C)(N)c2ccc(CCC(O)CCl)cc2)cc1. The first-order valence-electron chi connectivity index (χ1n) is 9.28. The summed E-state index contributed by atoms with van der Waals surface area (Å²) in [5, 5.41) is 9.59. The molecule has 2 aromatic rings. The largest absolute Gasteiger partial charge is 0.493 e. The fourth-order valence-corrected chi connectivity index (χ4v) is 3.02. The maximum absolute atomic E-state index is 9.59. The summed E-state index contributed by atoms with van der Waals surface area (Å²) >= 11 is 11.5. The lowest BCUT2D eigenvalue weighted by Gasteiger charge is -2.26. The van der Waals surface area contributed by atoms with Crippen molar-refractivity contribution in [3.05, 3.63) is 65.2 Å². The van der Waals surface area contributed by atoms with E-state index >= 15 is 0 Å². The minimum Gasteiger partial charge on any atom is -0.493 e. The van der Waals surface area contributed by atoms with Gasteiger partial charge in [-0.1, -0.05) is 43.3 Å². The van der Waals surface area contributed by atoms with Crippen LogP contribution in [0.4, 0.5) is 0 Å². The van der Waals surface area contributed by atoms with Crippen molar-refractivity contribution >= 4 is 23.2 Å². The fourth-order valence-electron chi connectivity index (χ4n) is 2.78. The van der Waals surface area contributed by atoms with Gasteiger partial charge in [0.2, 0.25) is 0 Å². The van der Waals surface area contributed by atoms with Crippen LogP contribution < -0.4 is 10.5 Å². The van der Waals surface area contributed by atoms with E-state index in [1.54, 1.807) is 0 Å². The lowest BCUT2D eigenvalue weighted by Crippen LogP contribution is -2.34. The number of aliphatic hydroxyl groups excluding tert-OH is 1. The van der Waals surface area contributed by atoms with Crippen LogP contribution in [0.15, 0.2) is 48.5 Å². The zero-order valence-corrected chi connectivity index (χ0v) is 17.5. The second kappa shape index (κ2) is 10.3. The highest BCUT2D eigenvalue weighted by Gasteiger charge is 2.23. The molecule has 0 amide bonds. The third-order valence-electron chi connectivity index (χ3n) is 4.75. The Balaban J connectivity index is 2.04. The number of hydrogen-bond acceptors (Lipinski definition) is 3. The van der Waals surface area contributed by atoms with Crippen molar-refractivity contribution in [2.45, 2.75) is 38.3 Å². The Morgan fingerprint density at radius 1 is 1.00 bits per heavy atom. The molecule has 0 spiro atoms. The van der Waals surface area contributed by atoms with Crippen LogP contribution in [0.1, 0.15) is 37.0 Å². The standard InChI is InChI=1S/C22H29Cl2NO2/c1-16(13-23)15-27-21-11-8-19(9-12-21)22(2,25)18-6-3-17(4-7-18)5-10-20(26)14-24/h3-4,6-9,11-12,16,20,26H,5,10,13-15,25H2,1-2H3. The number of aliphatic hydroxyl groups is 1. The van der Waals surface area contributed by atoms with Gasteiger partial charge in [-0.2, -0.15) is 0 Å². The summed E-state index contributed by atoms with van der Waals surface area (Å²) < 4.78 is 5.75.